The Balaban J connectivity index is 1.66. The van der Waals surface area contributed by atoms with Gasteiger partial charge in [0.25, 0.3) is 5.91 Å². The van der Waals surface area contributed by atoms with Gasteiger partial charge in [0.05, 0.1) is 5.75 Å². The molecule has 0 radical (unpaired) electrons. The Labute approximate surface area is 182 Å². The lowest BCUT2D eigenvalue weighted by Gasteiger charge is -2.49. The molecule has 0 bridgehead atoms. The first-order valence-corrected chi connectivity index (χ1v) is 13.0. The molecular weight excluding hydrogens is 398 g/mol. The van der Waals surface area contributed by atoms with Gasteiger partial charge >= 0.3 is 0 Å². The van der Waals surface area contributed by atoms with E-state index in [1.807, 2.05) is 39.0 Å². The molecule has 0 atom stereocenters. The Kier molecular flexibility index (Phi) is 7.58. The monoisotopic (exact) mass is 435 g/mol. The minimum atomic E-state index is -3.14. The molecule has 1 heterocycles. The molecule has 30 heavy (non-hydrogen) atoms. The zero-order valence-electron chi connectivity index (χ0n) is 18.7. The number of nitrogens with zero attached hydrogens (tertiary/aromatic N) is 2. The van der Waals surface area contributed by atoms with Crippen LogP contribution in [0, 0.1) is 13.8 Å². The Morgan fingerprint density at radius 2 is 1.70 bits per heavy atom. The van der Waals surface area contributed by atoms with Crippen LogP contribution in [0.3, 0.4) is 0 Å². The molecule has 1 saturated heterocycles. The third kappa shape index (κ3) is 5.24. The van der Waals surface area contributed by atoms with Gasteiger partial charge in [-0.3, -0.25) is 9.69 Å². The van der Waals surface area contributed by atoms with Gasteiger partial charge in [0, 0.05) is 43.8 Å². The van der Waals surface area contributed by atoms with Crippen molar-refractivity contribution in [2.45, 2.75) is 64.8 Å². The van der Waals surface area contributed by atoms with Gasteiger partial charge in [0.15, 0.2) is 0 Å². The van der Waals surface area contributed by atoms with Crippen LogP contribution in [0.25, 0.3) is 0 Å². The van der Waals surface area contributed by atoms with Crippen molar-refractivity contribution in [3.05, 3.63) is 34.9 Å². The quantitative estimate of drug-likeness (QED) is 0.715. The molecule has 1 aliphatic carbocycles. The van der Waals surface area contributed by atoms with Crippen LogP contribution >= 0.6 is 0 Å². The number of sulfonamides is 1. The summed E-state index contributed by atoms with van der Waals surface area (Å²) >= 11 is 0. The van der Waals surface area contributed by atoms with Crippen molar-refractivity contribution < 1.29 is 13.2 Å². The summed E-state index contributed by atoms with van der Waals surface area (Å²) in [6.07, 6.45) is 6.32. The van der Waals surface area contributed by atoms with Gasteiger partial charge in [-0.05, 0) is 56.4 Å². The van der Waals surface area contributed by atoms with E-state index in [9.17, 15) is 13.2 Å². The molecule has 0 unspecified atom stereocenters. The predicted octanol–water partition coefficient (Wildman–Crippen LogP) is 3.09. The maximum absolute atomic E-state index is 12.8. The second-order valence-corrected chi connectivity index (χ2v) is 11.1. The highest BCUT2D eigenvalue weighted by Gasteiger charge is 2.40. The molecule has 1 saturated carbocycles. The Morgan fingerprint density at radius 3 is 2.30 bits per heavy atom. The van der Waals surface area contributed by atoms with Crippen LogP contribution in [0.1, 0.15) is 66.9 Å². The molecular formula is C23H37N3O3S. The minimum absolute atomic E-state index is 0.0211. The Morgan fingerprint density at radius 1 is 1.03 bits per heavy atom. The smallest absolute Gasteiger partial charge is 0.251 e. The molecule has 0 aromatic heterocycles. The average Bonchev–Trinajstić information content (AvgIpc) is 2.75. The Hall–Kier alpha value is -1.44. The first kappa shape index (κ1) is 23.2. The van der Waals surface area contributed by atoms with Gasteiger partial charge in [-0.1, -0.05) is 32.3 Å². The summed E-state index contributed by atoms with van der Waals surface area (Å²) in [6, 6.07) is 5.84. The third-order valence-corrected chi connectivity index (χ3v) is 8.97. The van der Waals surface area contributed by atoms with Gasteiger partial charge in [-0.15, -0.1) is 0 Å². The fraction of sp³-hybridized carbons (Fsp3) is 0.696. The van der Waals surface area contributed by atoms with Gasteiger partial charge < -0.3 is 5.32 Å². The SMILES string of the molecule is CCCS(=O)(=O)N1CCN(C2(CNC(=O)c3ccc(C)c(C)c3)CCCCC2)CC1. The number of aryl methyl sites for hydroxylation is 2. The van der Waals surface area contributed by atoms with Crippen LogP contribution in [0.2, 0.25) is 0 Å². The number of nitrogens with one attached hydrogen (secondary N) is 1. The van der Waals surface area contributed by atoms with Crippen molar-refractivity contribution >= 4 is 15.9 Å². The largest absolute Gasteiger partial charge is 0.350 e. The maximum atomic E-state index is 12.8. The van der Waals surface area contributed by atoms with Gasteiger partial charge in [-0.25, -0.2) is 8.42 Å². The van der Waals surface area contributed by atoms with Crippen molar-refractivity contribution in [1.82, 2.24) is 14.5 Å². The molecule has 2 aliphatic rings. The number of hydrogen-bond acceptors (Lipinski definition) is 4. The van der Waals surface area contributed by atoms with Crippen molar-refractivity contribution in [1.29, 1.82) is 0 Å². The first-order valence-electron chi connectivity index (χ1n) is 11.4. The fourth-order valence-electron chi connectivity index (χ4n) is 4.87. The van der Waals surface area contributed by atoms with E-state index in [1.54, 1.807) is 4.31 Å². The zero-order chi connectivity index (χ0) is 21.8. The van der Waals surface area contributed by atoms with E-state index in [-0.39, 0.29) is 17.2 Å². The van der Waals surface area contributed by atoms with E-state index in [0.717, 1.165) is 44.3 Å². The van der Waals surface area contributed by atoms with Crippen LogP contribution < -0.4 is 5.32 Å². The van der Waals surface area contributed by atoms with Crippen molar-refractivity contribution in [3.63, 3.8) is 0 Å². The standard InChI is InChI=1S/C23H37N3O3S/c1-4-16-30(28,29)26-14-12-25(13-15-26)23(10-6-5-7-11-23)18-24-22(27)21-9-8-19(2)20(3)17-21/h8-9,17H,4-7,10-16,18H2,1-3H3,(H,24,27). The van der Waals surface area contributed by atoms with Crippen LogP contribution in [0.15, 0.2) is 18.2 Å². The third-order valence-electron chi connectivity index (χ3n) is 6.90. The van der Waals surface area contributed by atoms with E-state index in [1.165, 1.54) is 12.0 Å². The van der Waals surface area contributed by atoms with Crippen LogP contribution in [-0.4, -0.2) is 67.5 Å². The molecule has 2 fully saturated rings. The lowest BCUT2D eigenvalue weighted by atomic mass is 9.79. The first-order chi connectivity index (χ1) is 14.3. The molecule has 1 N–H and O–H groups in total. The topological polar surface area (TPSA) is 69.7 Å². The van der Waals surface area contributed by atoms with Gasteiger partial charge in [-0.2, -0.15) is 4.31 Å². The lowest BCUT2D eigenvalue weighted by Crippen LogP contribution is -2.62. The zero-order valence-corrected chi connectivity index (χ0v) is 19.6. The molecule has 1 aromatic rings. The summed E-state index contributed by atoms with van der Waals surface area (Å²) in [5.74, 6) is 0.205. The number of carbonyl (C=O) groups excluding carboxylic acids is 1. The summed E-state index contributed by atoms with van der Waals surface area (Å²) in [5, 5.41) is 3.20. The predicted molar refractivity (Wildman–Crippen MR) is 121 cm³/mol. The molecule has 1 amide bonds. The second kappa shape index (κ2) is 9.79. The van der Waals surface area contributed by atoms with Crippen LogP contribution in [0.5, 0.6) is 0 Å². The molecule has 168 valence electrons. The highest BCUT2D eigenvalue weighted by atomic mass is 32.2. The van der Waals surface area contributed by atoms with E-state index in [0.29, 0.717) is 31.6 Å². The normalized spacial score (nSPS) is 20.8. The van der Waals surface area contributed by atoms with Crippen LogP contribution in [0.4, 0.5) is 0 Å². The fourth-order valence-corrected chi connectivity index (χ4v) is 6.37. The molecule has 7 heteroatoms. The number of piperazine rings is 1. The van der Waals surface area contributed by atoms with Crippen LogP contribution in [-0.2, 0) is 10.0 Å². The summed E-state index contributed by atoms with van der Waals surface area (Å²) in [6.45, 7) is 9.19. The second-order valence-electron chi connectivity index (χ2n) is 8.97. The maximum Gasteiger partial charge on any atom is 0.251 e. The highest BCUT2D eigenvalue weighted by molar-refractivity contribution is 7.89. The summed E-state index contributed by atoms with van der Waals surface area (Å²) in [4.78, 5) is 15.3. The van der Waals surface area contributed by atoms with E-state index in [4.69, 9.17) is 0 Å². The van der Waals surface area contributed by atoms with Gasteiger partial charge in [0.2, 0.25) is 10.0 Å². The number of hydrogen-bond donors (Lipinski definition) is 1. The number of amides is 1. The van der Waals surface area contributed by atoms with Gasteiger partial charge in [0.1, 0.15) is 0 Å². The van der Waals surface area contributed by atoms with Crippen molar-refractivity contribution in [2.24, 2.45) is 0 Å². The summed E-state index contributed by atoms with van der Waals surface area (Å²) in [7, 11) is -3.14. The highest BCUT2D eigenvalue weighted by Crippen LogP contribution is 2.34. The van der Waals surface area contributed by atoms with E-state index >= 15 is 0 Å². The summed E-state index contributed by atoms with van der Waals surface area (Å²) < 4.78 is 26.5. The number of carbonyl (C=O) groups is 1. The molecule has 0 spiro atoms. The molecule has 1 aliphatic heterocycles. The van der Waals surface area contributed by atoms with Crippen molar-refractivity contribution in [2.75, 3.05) is 38.5 Å². The molecule has 1 aromatic carbocycles. The van der Waals surface area contributed by atoms with Crippen molar-refractivity contribution in [3.8, 4) is 0 Å². The van der Waals surface area contributed by atoms with E-state index in [2.05, 4.69) is 10.2 Å². The minimum Gasteiger partial charge on any atom is -0.350 e. The average molecular weight is 436 g/mol. The lowest BCUT2D eigenvalue weighted by molar-refractivity contribution is 0.0240. The Bertz CT molecular complexity index is 839. The number of rotatable bonds is 7. The number of benzene rings is 1. The molecule has 6 nitrogen and oxygen atoms in total. The molecule has 3 rings (SSSR count). The van der Waals surface area contributed by atoms with E-state index < -0.39 is 10.0 Å². The summed E-state index contributed by atoms with van der Waals surface area (Å²) in [5.41, 5.74) is 2.96.